The summed E-state index contributed by atoms with van der Waals surface area (Å²) in [6.45, 7) is 3.19. The maximum absolute atomic E-state index is 10.6. The predicted octanol–water partition coefficient (Wildman–Crippen LogP) is 0.623. The Balaban J connectivity index is 3.26. The van der Waals surface area contributed by atoms with Crippen LogP contribution in [0.25, 0.3) is 10.4 Å². The Morgan fingerprint density at radius 1 is 1.16 bits per heavy atom. The molecule has 10 heteroatoms. The molecular weight excluding hydrogens is 278 g/mol. The van der Waals surface area contributed by atoms with E-state index in [0.717, 1.165) is 0 Å². The number of azide groups is 1. The molecule has 0 saturated carbocycles. The summed E-state index contributed by atoms with van der Waals surface area (Å²) in [5.41, 5.74) is 7.99. The van der Waals surface area contributed by atoms with Gasteiger partial charge in [0.05, 0.1) is 39.6 Å². The van der Waals surface area contributed by atoms with E-state index < -0.39 is 15.4 Å². The van der Waals surface area contributed by atoms with Crippen molar-refractivity contribution in [1.82, 2.24) is 0 Å². The third-order valence-electron chi connectivity index (χ3n) is 2.00. The average molecular weight is 297 g/mol. The van der Waals surface area contributed by atoms with Crippen molar-refractivity contribution in [2.24, 2.45) is 5.11 Å². The molecule has 0 aliphatic carbocycles. The zero-order valence-electron chi connectivity index (χ0n) is 10.8. The van der Waals surface area contributed by atoms with Gasteiger partial charge in [-0.15, -0.1) is 0 Å². The zero-order chi connectivity index (χ0) is 14.6. The third kappa shape index (κ3) is 11.9. The van der Waals surface area contributed by atoms with Gasteiger partial charge in [0.2, 0.25) is 0 Å². The number of hydrogen-bond acceptors (Lipinski definition) is 6. The predicted molar refractivity (Wildman–Crippen MR) is 67.5 cm³/mol. The highest BCUT2D eigenvalue weighted by Crippen LogP contribution is 1.97. The lowest BCUT2D eigenvalue weighted by atomic mass is 10.5. The molecule has 0 aromatic heterocycles. The van der Waals surface area contributed by atoms with Gasteiger partial charge in [-0.05, 0) is 12.5 Å². The molecule has 1 N–H and O–H groups in total. The molecule has 0 radical (unpaired) electrons. The topological polar surface area (TPSA) is 131 Å². The van der Waals surface area contributed by atoms with Crippen molar-refractivity contribution >= 4 is 10.1 Å². The summed E-state index contributed by atoms with van der Waals surface area (Å²) in [5.74, 6) is 0. The van der Waals surface area contributed by atoms with Crippen LogP contribution < -0.4 is 0 Å². The summed E-state index contributed by atoms with van der Waals surface area (Å²) >= 11 is 0. The fourth-order valence-corrected chi connectivity index (χ4v) is 1.19. The largest absolute Gasteiger partial charge is 0.379 e. The van der Waals surface area contributed by atoms with Gasteiger partial charge < -0.3 is 14.2 Å². The number of hydrogen-bond donors (Lipinski definition) is 1. The molecule has 0 spiro atoms. The Morgan fingerprint density at radius 2 is 1.68 bits per heavy atom. The van der Waals surface area contributed by atoms with Crippen molar-refractivity contribution in [2.75, 3.05) is 46.2 Å². The van der Waals surface area contributed by atoms with Crippen LogP contribution in [0.4, 0.5) is 0 Å². The van der Waals surface area contributed by atoms with Crippen LogP contribution in [0.2, 0.25) is 0 Å². The van der Waals surface area contributed by atoms with Crippen molar-refractivity contribution in [1.29, 1.82) is 0 Å². The molecule has 0 bridgehead atoms. The third-order valence-corrected chi connectivity index (χ3v) is 3.16. The summed E-state index contributed by atoms with van der Waals surface area (Å²) < 4.78 is 45.2. The fourth-order valence-electron chi connectivity index (χ4n) is 0.925. The Hall–Kier alpha value is -0.900. The lowest BCUT2D eigenvalue weighted by Gasteiger charge is -2.09. The molecule has 112 valence electrons. The van der Waals surface area contributed by atoms with E-state index in [0.29, 0.717) is 26.4 Å². The summed E-state index contributed by atoms with van der Waals surface area (Å²) in [6.07, 6.45) is 0. The Bertz CT molecular complexity index is 368. The van der Waals surface area contributed by atoms with Crippen LogP contribution in [0, 0.1) is 0 Å². The highest BCUT2D eigenvalue weighted by atomic mass is 32.2. The summed E-state index contributed by atoms with van der Waals surface area (Å²) in [6, 6.07) is 0. The molecule has 0 saturated heterocycles. The second kappa shape index (κ2) is 11.0. The molecular formula is C9H19N3O6S. The molecule has 0 aromatic carbocycles. The summed E-state index contributed by atoms with van der Waals surface area (Å²) in [7, 11) is -4.04. The number of nitrogens with zero attached hydrogens (tertiary/aromatic N) is 3. The van der Waals surface area contributed by atoms with Gasteiger partial charge in [0, 0.05) is 11.5 Å². The van der Waals surface area contributed by atoms with Gasteiger partial charge in [0.1, 0.15) is 5.25 Å². The molecule has 19 heavy (non-hydrogen) atoms. The van der Waals surface area contributed by atoms with Gasteiger partial charge in [0.25, 0.3) is 10.1 Å². The van der Waals surface area contributed by atoms with Crippen LogP contribution in [0.1, 0.15) is 6.92 Å². The first-order valence-corrected chi connectivity index (χ1v) is 7.19. The van der Waals surface area contributed by atoms with Crippen LogP contribution in [0.3, 0.4) is 0 Å². The zero-order valence-corrected chi connectivity index (χ0v) is 11.6. The van der Waals surface area contributed by atoms with Crippen molar-refractivity contribution in [3.8, 4) is 0 Å². The maximum Gasteiger partial charge on any atom is 0.269 e. The molecule has 1 unspecified atom stereocenters. The first-order valence-electron chi connectivity index (χ1n) is 5.69. The highest BCUT2D eigenvalue weighted by molar-refractivity contribution is 7.86. The van der Waals surface area contributed by atoms with E-state index in [9.17, 15) is 8.42 Å². The van der Waals surface area contributed by atoms with E-state index in [4.69, 9.17) is 24.3 Å². The van der Waals surface area contributed by atoms with Crippen molar-refractivity contribution in [2.45, 2.75) is 12.2 Å². The molecule has 0 amide bonds. The van der Waals surface area contributed by atoms with Crippen LogP contribution in [0.15, 0.2) is 5.11 Å². The first-order chi connectivity index (χ1) is 8.98. The van der Waals surface area contributed by atoms with E-state index in [2.05, 4.69) is 10.0 Å². The lowest BCUT2D eigenvalue weighted by molar-refractivity contribution is 0.0163. The molecule has 0 fully saturated rings. The van der Waals surface area contributed by atoms with E-state index in [1.165, 1.54) is 6.92 Å². The summed E-state index contributed by atoms with van der Waals surface area (Å²) in [4.78, 5) is 2.57. The molecule has 0 aromatic rings. The maximum atomic E-state index is 10.6. The standard InChI is InChI=1S/C9H19N3O6S/c1-9(19(13,14)15)8-18-7-6-17-5-4-16-3-2-11-12-10/h9H,2-8H2,1H3,(H,13,14,15). The number of rotatable bonds is 12. The van der Waals surface area contributed by atoms with Crippen LogP contribution >= 0.6 is 0 Å². The van der Waals surface area contributed by atoms with Gasteiger partial charge in [0.15, 0.2) is 0 Å². The Kier molecular flexibility index (Phi) is 10.5. The van der Waals surface area contributed by atoms with Gasteiger partial charge in [-0.2, -0.15) is 8.42 Å². The normalized spacial score (nSPS) is 12.9. The fraction of sp³-hybridized carbons (Fsp3) is 1.00. The van der Waals surface area contributed by atoms with Gasteiger partial charge in [-0.1, -0.05) is 5.11 Å². The average Bonchev–Trinajstić information content (AvgIpc) is 2.34. The van der Waals surface area contributed by atoms with E-state index in [1.807, 2.05) is 0 Å². The van der Waals surface area contributed by atoms with Crippen LogP contribution in [-0.2, 0) is 24.3 Å². The molecule has 9 nitrogen and oxygen atoms in total. The summed E-state index contributed by atoms with van der Waals surface area (Å²) in [5, 5.41) is 2.34. The molecule has 0 aliphatic heterocycles. The monoisotopic (exact) mass is 297 g/mol. The van der Waals surface area contributed by atoms with E-state index >= 15 is 0 Å². The Morgan fingerprint density at radius 3 is 2.21 bits per heavy atom. The van der Waals surface area contributed by atoms with E-state index in [-0.39, 0.29) is 19.8 Å². The molecule has 0 aliphatic rings. The van der Waals surface area contributed by atoms with Crippen LogP contribution in [0.5, 0.6) is 0 Å². The lowest BCUT2D eigenvalue weighted by Crippen LogP contribution is -2.23. The minimum Gasteiger partial charge on any atom is -0.379 e. The molecule has 1 atom stereocenters. The van der Waals surface area contributed by atoms with Crippen molar-refractivity contribution < 1.29 is 27.2 Å². The van der Waals surface area contributed by atoms with Crippen molar-refractivity contribution in [3.05, 3.63) is 10.4 Å². The second-order valence-electron chi connectivity index (χ2n) is 3.58. The smallest absolute Gasteiger partial charge is 0.269 e. The van der Waals surface area contributed by atoms with Gasteiger partial charge in [-0.25, -0.2) is 0 Å². The minimum absolute atomic E-state index is 0.0785. The van der Waals surface area contributed by atoms with Crippen molar-refractivity contribution in [3.63, 3.8) is 0 Å². The first kappa shape index (κ1) is 18.1. The number of ether oxygens (including phenoxy) is 3. The Labute approximate surface area is 112 Å². The SMILES string of the molecule is CC(COCCOCCOCCN=[N+]=[N-])S(=O)(=O)O. The van der Waals surface area contributed by atoms with Crippen LogP contribution in [-0.4, -0.2) is 64.4 Å². The van der Waals surface area contributed by atoms with Gasteiger partial charge in [-0.3, -0.25) is 4.55 Å². The highest BCUT2D eigenvalue weighted by Gasteiger charge is 2.16. The van der Waals surface area contributed by atoms with Gasteiger partial charge >= 0.3 is 0 Å². The van der Waals surface area contributed by atoms with E-state index in [1.54, 1.807) is 0 Å². The molecule has 0 rings (SSSR count). The minimum atomic E-state index is -4.04. The molecule has 0 heterocycles. The second-order valence-corrected chi connectivity index (χ2v) is 5.41. The quantitative estimate of drug-likeness (QED) is 0.185.